The van der Waals surface area contributed by atoms with Crippen LogP contribution in [0.15, 0.2) is 58.2 Å². The van der Waals surface area contributed by atoms with Crippen LogP contribution in [-0.2, 0) is 16.2 Å². The quantitative estimate of drug-likeness (QED) is 0.362. The summed E-state index contributed by atoms with van der Waals surface area (Å²) in [5, 5.41) is 4.68. The maximum Gasteiger partial charge on any atom is 0.417 e. The van der Waals surface area contributed by atoms with Crippen molar-refractivity contribution in [2.75, 3.05) is 17.2 Å². The van der Waals surface area contributed by atoms with E-state index in [0.717, 1.165) is 31.7 Å². The number of aromatic amines is 1. The number of carbonyl (C=O) groups is 1. The molecule has 4 rings (SSSR count). The van der Waals surface area contributed by atoms with Crippen LogP contribution in [0.3, 0.4) is 0 Å². The lowest BCUT2D eigenvalue weighted by Gasteiger charge is -2.21. The Kier molecular flexibility index (Phi) is 7.36. The molecule has 0 atom stereocenters. The van der Waals surface area contributed by atoms with Crippen molar-refractivity contribution in [1.29, 1.82) is 0 Å². The minimum absolute atomic E-state index is 0.0188. The summed E-state index contributed by atoms with van der Waals surface area (Å²) in [6, 6.07) is 9.02. The fourth-order valence-corrected chi connectivity index (χ4v) is 5.40. The van der Waals surface area contributed by atoms with E-state index in [2.05, 4.69) is 20.3 Å². The second-order valence-corrected chi connectivity index (χ2v) is 10.5. The van der Waals surface area contributed by atoms with Crippen molar-refractivity contribution in [3.8, 4) is 0 Å². The summed E-state index contributed by atoms with van der Waals surface area (Å²) in [7, 11) is -3.69. The molecule has 36 heavy (non-hydrogen) atoms. The van der Waals surface area contributed by atoms with Gasteiger partial charge in [-0.2, -0.15) is 13.2 Å². The summed E-state index contributed by atoms with van der Waals surface area (Å²) in [6.07, 6.45) is 0.663. The lowest BCUT2D eigenvalue weighted by Crippen LogP contribution is -2.30. The van der Waals surface area contributed by atoms with Gasteiger partial charge in [-0.3, -0.25) is 4.79 Å². The first kappa shape index (κ1) is 25.7. The third-order valence-electron chi connectivity index (χ3n) is 6.12. The van der Waals surface area contributed by atoms with E-state index >= 15 is 0 Å². The minimum atomic E-state index is -4.75. The molecule has 1 fully saturated rings. The predicted molar refractivity (Wildman–Crippen MR) is 130 cm³/mol. The molecule has 1 heterocycles. The Morgan fingerprint density at radius 3 is 2.25 bits per heavy atom. The highest BCUT2D eigenvalue weighted by Gasteiger charge is 2.33. The van der Waals surface area contributed by atoms with Crippen LogP contribution in [0.4, 0.5) is 29.3 Å². The number of fused-ring (bicyclic) bond motifs is 1. The van der Waals surface area contributed by atoms with Crippen LogP contribution >= 0.6 is 0 Å². The number of urea groups is 1. The zero-order valence-corrected chi connectivity index (χ0v) is 19.9. The number of sulfonamides is 1. The van der Waals surface area contributed by atoms with E-state index in [1.807, 2.05) is 0 Å². The van der Waals surface area contributed by atoms with E-state index in [1.54, 1.807) is 0 Å². The fourth-order valence-electron chi connectivity index (χ4n) is 4.28. The molecular formula is C24H25F3N4O4S. The molecule has 2 aromatic carbocycles. The zero-order valence-electron chi connectivity index (χ0n) is 19.1. The number of amides is 2. The minimum Gasteiger partial charge on any atom is -0.322 e. The van der Waals surface area contributed by atoms with Crippen LogP contribution < -0.4 is 20.9 Å². The number of pyridine rings is 1. The number of hydrogen-bond donors (Lipinski definition) is 4. The number of halogens is 3. The molecule has 4 N–H and O–H groups in total. The lowest BCUT2D eigenvalue weighted by atomic mass is 9.90. The summed E-state index contributed by atoms with van der Waals surface area (Å²) in [5.41, 5.74) is -1.65. The molecule has 0 spiro atoms. The molecule has 8 nitrogen and oxygen atoms in total. The standard InChI is InChI=1S/C24H25F3N4O4S/c25-24(26,27)20-13-22(32)31-21-11-8-17(12-19(20)21)30-23(33)29-16-6-9-18(10-7-16)36(34,35)28-14-15-4-2-1-3-5-15/h6-13,15,28H,1-5,14H2,(H,31,32)(H2,29,30,33). The summed E-state index contributed by atoms with van der Waals surface area (Å²) in [6.45, 7) is 0.389. The van der Waals surface area contributed by atoms with Gasteiger partial charge in [0.25, 0.3) is 0 Å². The molecule has 0 radical (unpaired) electrons. The van der Waals surface area contributed by atoms with Crippen LogP contribution in [0.1, 0.15) is 37.7 Å². The van der Waals surface area contributed by atoms with E-state index in [0.29, 0.717) is 24.2 Å². The van der Waals surface area contributed by atoms with E-state index in [-0.39, 0.29) is 21.5 Å². The highest BCUT2D eigenvalue weighted by Crippen LogP contribution is 2.34. The third-order valence-corrected chi connectivity index (χ3v) is 7.56. The van der Waals surface area contributed by atoms with Crippen molar-refractivity contribution in [1.82, 2.24) is 9.71 Å². The lowest BCUT2D eigenvalue weighted by molar-refractivity contribution is -0.136. The molecule has 0 unspecified atom stereocenters. The zero-order chi connectivity index (χ0) is 25.9. The third kappa shape index (κ3) is 6.24. The van der Waals surface area contributed by atoms with Crippen LogP contribution in [0, 0.1) is 5.92 Å². The number of hydrogen-bond acceptors (Lipinski definition) is 4. The van der Waals surface area contributed by atoms with Gasteiger partial charge in [-0.05, 0) is 61.2 Å². The number of anilines is 2. The molecule has 3 aromatic rings. The number of nitrogens with one attached hydrogen (secondary N) is 4. The van der Waals surface area contributed by atoms with E-state index in [9.17, 15) is 31.2 Å². The Bertz CT molecular complexity index is 1410. The van der Waals surface area contributed by atoms with Gasteiger partial charge >= 0.3 is 12.2 Å². The summed E-state index contributed by atoms with van der Waals surface area (Å²) in [5.74, 6) is 0.334. The van der Waals surface area contributed by atoms with Crippen molar-refractivity contribution in [2.24, 2.45) is 5.92 Å². The normalized spacial score (nSPS) is 15.1. The van der Waals surface area contributed by atoms with Gasteiger partial charge in [-0.15, -0.1) is 0 Å². The van der Waals surface area contributed by atoms with E-state index in [1.165, 1.54) is 42.8 Å². The Labute approximate surface area is 205 Å². The topological polar surface area (TPSA) is 120 Å². The molecule has 0 saturated heterocycles. The maximum atomic E-state index is 13.3. The largest absolute Gasteiger partial charge is 0.417 e. The molecular weight excluding hydrogens is 497 g/mol. The van der Waals surface area contributed by atoms with Crippen LogP contribution in [0.25, 0.3) is 10.9 Å². The first-order chi connectivity index (χ1) is 17.0. The van der Waals surface area contributed by atoms with Crippen molar-refractivity contribution in [2.45, 2.75) is 43.2 Å². The average molecular weight is 523 g/mol. The summed E-state index contributed by atoms with van der Waals surface area (Å²) < 4.78 is 67.8. The molecule has 1 aromatic heterocycles. The second-order valence-electron chi connectivity index (χ2n) is 8.76. The summed E-state index contributed by atoms with van der Waals surface area (Å²) >= 11 is 0. The van der Waals surface area contributed by atoms with Gasteiger partial charge < -0.3 is 15.6 Å². The molecule has 1 saturated carbocycles. The van der Waals surface area contributed by atoms with Crippen molar-refractivity contribution < 1.29 is 26.4 Å². The first-order valence-corrected chi connectivity index (χ1v) is 12.9. The van der Waals surface area contributed by atoms with Crippen LogP contribution in [-0.4, -0.2) is 26.0 Å². The fraction of sp³-hybridized carbons (Fsp3) is 0.333. The molecule has 0 bridgehead atoms. The number of carbonyl (C=O) groups excluding carboxylic acids is 1. The number of rotatable bonds is 6. The molecule has 2 amide bonds. The van der Waals surface area contributed by atoms with Crippen molar-refractivity contribution in [3.05, 3.63) is 64.4 Å². The molecule has 192 valence electrons. The van der Waals surface area contributed by atoms with Gasteiger partial charge in [0.1, 0.15) is 0 Å². The van der Waals surface area contributed by atoms with E-state index < -0.39 is 33.4 Å². The first-order valence-electron chi connectivity index (χ1n) is 11.4. The Balaban J connectivity index is 1.41. The van der Waals surface area contributed by atoms with Gasteiger partial charge in [0.15, 0.2) is 0 Å². The Hall–Kier alpha value is -3.38. The molecule has 12 heteroatoms. The highest BCUT2D eigenvalue weighted by molar-refractivity contribution is 7.89. The van der Waals surface area contributed by atoms with Crippen molar-refractivity contribution >= 4 is 38.3 Å². The Morgan fingerprint density at radius 2 is 1.58 bits per heavy atom. The van der Waals surface area contributed by atoms with Gasteiger partial charge in [-0.1, -0.05) is 19.3 Å². The highest BCUT2D eigenvalue weighted by atomic mass is 32.2. The SMILES string of the molecule is O=C(Nc1ccc(S(=O)(=O)NCC2CCCCC2)cc1)Nc1ccc2[nH]c(=O)cc(C(F)(F)F)c2c1. The number of benzene rings is 2. The second kappa shape index (κ2) is 10.3. The number of H-pyrrole nitrogens is 1. The maximum absolute atomic E-state index is 13.3. The predicted octanol–water partition coefficient (Wildman–Crippen LogP) is 5.05. The van der Waals surface area contributed by atoms with E-state index in [4.69, 9.17) is 0 Å². The number of aromatic nitrogens is 1. The van der Waals surface area contributed by atoms with Gasteiger partial charge in [-0.25, -0.2) is 17.9 Å². The number of alkyl halides is 3. The molecule has 1 aliphatic carbocycles. The van der Waals surface area contributed by atoms with Gasteiger partial charge in [0.2, 0.25) is 15.6 Å². The monoisotopic (exact) mass is 522 g/mol. The summed E-state index contributed by atoms with van der Waals surface area (Å²) in [4.78, 5) is 26.3. The van der Waals surface area contributed by atoms with Crippen LogP contribution in [0.2, 0.25) is 0 Å². The smallest absolute Gasteiger partial charge is 0.322 e. The molecule has 0 aliphatic heterocycles. The van der Waals surface area contributed by atoms with Crippen molar-refractivity contribution in [3.63, 3.8) is 0 Å². The molecule has 1 aliphatic rings. The Morgan fingerprint density at radius 1 is 0.944 bits per heavy atom. The van der Waals surface area contributed by atoms with Crippen LogP contribution in [0.5, 0.6) is 0 Å². The van der Waals surface area contributed by atoms with Gasteiger partial charge in [0, 0.05) is 34.9 Å². The van der Waals surface area contributed by atoms with Gasteiger partial charge in [0.05, 0.1) is 10.5 Å². The average Bonchev–Trinajstić information content (AvgIpc) is 2.83.